The maximum atomic E-state index is 12.4. The lowest BCUT2D eigenvalue weighted by atomic mass is 10.1. The van der Waals surface area contributed by atoms with Crippen molar-refractivity contribution < 1.29 is 13.8 Å². The van der Waals surface area contributed by atoms with Crippen LogP contribution in [0.25, 0.3) is 11.3 Å². The van der Waals surface area contributed by atoms with Crippen molar-refractivity contribution in [1.82, 2.24) is 29.2 Å². The summed E-state index contributed by atoms with van der Waals surface area (Å²) >= 11 is 0. The number of anilines is 7. The van der Waals surface area contributed by atoms with Crippen LogP contribution in [-0.2, 0) is 10.8 Å². The molecule has 16 heteroatoms. The molecule has 4 aromatic carbocycles. The summed E-state index contributed by atoms with van der Waals surface area (Å²) in [5.74, 6) is 0.235. The fourth-order valence-electron chi connectivity index (χ4n) is 6.30. The molecule has 0 saturated heterocycles. The molecule has 0 spiro atoms. The van der Waals surface area contributed by atoms with Crippen LogP contribution in [0.2, 0.25) is 0 Å². The molecule has 8 rings (SSSR count). The van der Waals surface area contributed by atoms with Crippen molar-refractivity contribution in [3.8, 4) is 0 Å². The number of aromatic nitrogens is 6. The lowest BCUT2D eigenvalue weighted by Gasteiger charge is -2.12. The van der Waals surface area contributed by atoms with E-state index in [0.717, 1.165) is 45.0 Å². The Hall–Kier alpha value is -7.59. The number of nitrogens with two attached hydrogens (primary N) is 3. The van der Waals surface area contributed by atoms with Gasteiger partial charge in [-0.1, -0.05) is 55.5 Å². The smallest absolute Gasteiger partial charge is 0.269 e. The molecule has 4 heterocycles. The summed E-state index contributed by atoms with van der Waals surface area (Å²) < 4.78 is 15.2. The molecule has 0 saturated carbocycles. The predicted octanol–water partition coefficient (Wildman–Crippen LogP) is 7.52. The molecule has 8 aromatic rings. The van der Waals surface area contributed by atoms with Crippen molar-refractivity contribution in [2.24, 2.45) is 11.5 Å². The van der Waals surface area contributed by atoms with Gasteiger partial charge in [-0.15, -0.1) is 10.2 Å². The summed E-state index contributed by atoms with van der Waals surface area (Å²) in [6, 6.07) is 35.0. The van der Waals surface area contributed by atoms with Gasteiger partial charge in [-0.05, 0) is 98.5 Å². The SMILES string of the molecule is CCS(=O)c1cc(Nc2cc(C)cc(C)c2)nn2c(C(N)=O)cnc12.Cc1cc(C)cc(Nc2cc(Nc3ccccc3)c3ncc(C(N)=O)n3n2)c1.Nc1ccccc1. The zero-order valence-electron chi connectivity index (χ0n) is 33.8. The number of carbonyl (C=O) groups excluding carboxylic acids is 2. The van der Waals surface area contributed by atoms with Crippen molar-refractivity contribution in [2.75, 3.05) is 27.4 Å². The average molecular weight is 823 g/mol. The van der Waals surface area contributed by atoms with Gasteiger partial charge in [-0.2, -0.15) is 0 Å². The van der Waals surface area contributed by atoms with Gasteiger partial charge in [0.15, 0.2) is 22.9 Å². The molecule has 60 heavy (non-hydrogen) atoms. The lowest BCUT2D eigenvalue weighted by molar-refractivity contribution is 0.0985. The third-order valence-electron chi connectivity index (χ3n) is 8.75. The average Bonchev–Trinajstić information content (AvgIpc) is 3.83. The molecule has 1 unspecified atom stereocenters. The van der Waals surface area contributed by atoms with Gasteiger partial charge in [0, 0.05) is 40.6 Å². The Morgan fingerprint density at radius 3 is 1.50 bits per heavy atom. The van der Waals surface area contributed by atoms with Crippen LogP contribution in [0, 0.1) is 27.7 Å². The number of aryl methyl sites for hydroxylation is 4. The molecule has 0 aliphatic heterocycles. The van der Waals surface area contributed by atoms with Crippen LogP contribution in [-0.4, -0.2) is 51.0 Å². The van der Waals surface area contributed by atoms with E-state index in [1.807, 2.05) is 126 Å². The number of hydrogen-bond acceptors (Lipinski definition) is 11. The number of nitrogen functional groups attached to an aromatic ring is 1. The van der Waals surface area contributed by atoms with Gasteiger partial charge in [-0.25, -0.2) is 19.0 Å². The Kier molecular flexibility index (Phi) is 13.2. The number of benzene rings is 4. The minimum atomic E-state index is -1.26. The summed E-state index contributed by atoms with van der Waals surface area (Å²) in [5, 5.41) is 18.8. The Bertz CT molecular complexity index is 2780. The number of nitrogens with zero attached hydrogens (tertiary/aromatic N) is 6. The third-order valence-corrected chi connectivity index (χ3v) is 10.1. The van der Waals surface area contributed by atoms with E-state index in [9.17, 15) is 13.8 Å². The zero-order chi connectivity index (χ0) is 42.9. The highest BCUT2D eigenvalue weighted by Crippen LogP contribution is 2.27. The van der Waals surface area contributed by atoms with Crippen molar-refractivity contribution in [2.45, 2.75) is 39.5 Å². The summed E-state index contributed by atoms with van der Waals surface area (Å²) in [6.45, 7) is 9.92. The molecule has 306 valence electrons. The molecule has 15 nitrogen and oxygen atoms in total. The number of imidazole rings is 2. The second-order valence-corrected chi connectivity index (χ2v) is 15.6. The summed E-state index contributed by atoms with van der Waals surface area (Å²) in [4.78, 5) is 32.4. The van der Waals surface area contributed by atoms with E-state index in [4.69, 9.17) is 17.2 Å². The molecule has 0 aliphatic rings. The van der Waals surface area contributed by atoms with E-state index in [2.05, 4.69) is 48.2 Å². The normalized spacial score (nSPS) is 11.2. The van der Waals surface area contributed by atoms with Gasteiger partial charge >= 0.3 is 0 Å². The van der Waals surface area contributed by atoms with Crippen LogP contribution < -0.4 is 33.2 Å². The topological polar surface area (TPSA) is 226 Å². The summed E-state index contributed by atoms with van der Waals surface area (Å²) in [7, 11) is -1.26. The van der Waals surface area contributed by atoms with E-state index >= 15 is 0 Å². The van der Waals surface area contributed by atoms with E-state index in [-0.39, 0.29) is 11.4 Å². The molecular formula is C44H46N12O3S. The number of amides is 2. The van der Waals surface area contributed by atoms with Crippen molar-refractivity contribution in [3.05, 3.63) is 155 Å². The number of rotatable bonds is 10. The monoisotopic (exact) mass is 822 g/mol. The largest absolute Gasteiger partial charge is 0.399 e. The fraction of sp³-hybridized carbons (Fsp3) is 0.136. The number of hydrogen-bond donors (Lipinski definition) is 6. The van der Waals surface area contributed by atoms with Crippen LogP contribution in [0.1, 0.15) is 50.2 Å². The van der Waals surface area contributed by atoms with Crippen molar-refractivity contribution in [1.29, 1.82) is 0 Å². The first-order valence-electron chi connectivity index (χ1n) is 18.9. The maximum Gasteiger partial charge on any atom is 0.269 e. The number of nitrogens with one attached hydrogen (secondary N) is 3. The minimum absolute atomic E-state index is 0.147. The van der Waals surface area contributed by atoms with Gasteiger partial charge in [0.25, 0.3) is 11.8 Å². The summed E-state index contributed by atoms with van der Waals surface area (Å²) in [6.07, 6.45) is 2.78. The van der Waals surface area contributed by atoms with Gasteiger partial charge in [0.05, 0.1) is 33.8 Å². The quantitative estimate of drug-likeness (QED) is 0.0740. The second kappa shape index (κ2) is 18.8. The first-order valence-corrected chi connectivity index (χ1v) is 20.2. The maximum absolute atomic E-state index is 12.4. The number of primary amides is 2. The highest BCUT2D eigenvalue weighted by Gasteiger charge is 2.18. The number of fused-ring (bicyclic) bond motifs is 2. The van der Waals surface area contributed by atoms with Crippen LogP contribution >= 0.6 is 0 Å². The molecule has 0 fully saturated rings. The minimum Gasteiger partial charge on any atom is -0.399 e. The fourth-order valence-corrected chi connectivity index (χ4v) is 7.20. The Balaban J connectivity index is 0.000000174. The van der Waals surface area contributed by atoms with E-state index in [1.165, 1.54) is 21.4 Å². The Morgan fingerprint density at radius 1 is 0.600 bits per heavy atom. The molecular weight excluding hydrogens is 777 g/mol. The van der Waals surface area contributed by atoms with Crippen LogP contribution in [0.5, 0.6) is 0 Å². The van der Waals surface area contributed by atoms with E-state index < -0.39 is 22.6 Å². The predicted molar refractivity (Wildman–Crippen MR) is 239 cm³/mol. The molecule has 0 radical (unpaired) electrons. The highest BCUT2D eigenvalue weighted by molar-refractivity contribution is 7.85. The molecule has 0 aliphatic carbocycles. The molecule has 0 bridgehead atoms. The number of para-hydroxylation sites is 2. The molecule has 1 atom stereocenters. The van der Waals surface area contributed by atoms with Gasteiger partial charge in [-0.3, -0.25) is 13.8 Å². The van der Waals surface area contributed by atoms with Crippen LogP contribution in [0.4, 0.5) is 40.1 Å². The van der Waals surface area contributed by atoms with Gasteiger partial charge < -0.3 is 33.2 Å². The zero-order valence-corrected chi connectivity index (χ0v) is 34.6. The molecule has 2 amide bonds. The van der Waals surface area contributed by atoms with E-state index in [1.54, 1.807) is 6.07 Å². The molecule has 9 N–H and O–H groups in total. The van der Waals surface area contributed by atoms with Gasteiger partial charge in [0.1, 0.15) is 11.4 Å². The Morgan fingerprint density at radius 2 is 1.05 bits per heavy atom. The first kappa shape index (κ1) is 42.0. The second-order valence-electron chi connectivity index (χ2n) is 13.9. The first-order chi connectivity index (χ1) is 28.8. The van der Waals surface area contributed by atoms with Crippen molar-refractivity contribution >= 4 is 74.0 Å². The third kappa shape index (κ3) is 10.5. The van der Waals surface area contributed by atoms with E-state index in [0.29, 0.717) is 39.3 Å². The van der Waals surface area contributed by atoms with Crippen LogP contribution in [0.15, 0.2) is 126 Å². The summed E-state index contributed by atoms with van der Waals surface area (Å²) in [5.41, 5.74) is 26.2. The lowest BCUT2D eigenvalue weighted by Crippen LogP contribution is -2.16. The van der Waals surface area contributed by atoms with Crippen LogP contribution in [0.3, 0.4) is 0 Å². The van der Waals surface area contributed by atoms with Crippen molar-refractivity contribution in [3.63, 3.8) is 0 Å². The molecule has 4 aromatic heterocycles. The van der Waals surface area contributed by atoms with Gasteiger partial charge in [0.2, 0.25) is 0 Å². The highest BCUT2D eigenvalue weighted by atomic mass is 32.2. The Labute approximate surface area is 349 Å². The number of carbonyl (C=O) groups is 2. The standard InChI is InChI=1S/C21H20N6O.C17H19N5O2S.C6H7N/c1-13-8-14(2)10-16(9-13)25-19-11-17(24-15-6-4-3-5-7-15)21-23-12-18(20(22)28)27(21)26-19;1-4-25(24)14-8-15(20-12-6-10(2)5-11(3)7-12)21-22-13(16(18)23)9-19-17(14)22;7-6-4-2-1-3-5-6/h3-12,24H,1-2H3,(H2,22,28)(H,25,26);5-9H,4H2,1-3H3,(H2,18,23)(H,20,21);1-5H,7H2.